The van der Waals surface area contributed by atoms with Crippen molar-refractivity contribution in [2.24, 2.45) is 5.41 Å². The first-order valence-corrected chi connectivity index (χ1v) is 6.59. The maximum Gasteiger partial charge on any atom is 0.0426 e. The summed E-state index contributed by atoms with van der Waals surface area (Å²) in [5.41, 5.74) is 5.58. The molecule has 1 aliphatic carbocycles. The molecule has 1 aliphatic rings. The van der Waals surface area contributed by atoms with Crippen LogP contribution in [0.25, 0.3) is 0 Å². The van der Waals surface area contributed by atoms with Gasteiger partial charge in [-0.3, -0.25) is 4.98 Å². The van der Waals surface area contributed by atoms with Crippen molar-refractivity contribution in [1.29, 1.82) is 0 Å². The molecule has 0 bridgehead atoms. The van der Waals surface area contributed by atoms with Crippen LogP contribution in [0.4, 0.5) is 0 Å². The highest BCUT2D eigenvalue weighted by molar-refractivity contribution is 5.33. The van der Waals surface area contributed by atoms with Crippen molar-refractivity contribution < 1.29 is 0 Å². The van der Waals surface area contributed by atoms with Gasteiger partial charge in [0.25, 0.3) is 0 Å². The first kappa shape index (κ1) is 12.6. The molecule has 1 N–H and O–H groups in total. The van der Waals surface area contributed by atoms with Gasteiger partial charge in [0.1, 0.15) is 0 Å². The number of hydrogen-bond donors (Lipinski definition) is 1. The summed E-state index contributed by atoms with van der Waals surface area (Å²) in [5, 5.41) is 3.66. The van der Waals surface area contributed by atoms with E-state index in [1.54, 1.807) is 0 Å². The van der Waals surface area contributed by atoms with Gasteiger partial charge in [0.15, 0.2) is 0 Å². The maximum absolute atomic E-state index is 4.58. The van der Waals surface area contributed by atoms with Gasteiger partial charge in [-0.15, -0.1) is 0 Å². The lowest BCUT2D eigenvalue weighted by Crippen LogP contribution is -2.26. The predicted octanol–water partition coefficient (Wildman–Crippen LogP) is 3.46. The lowest BCUT2D eigenvalue weighted by Gasteiger charge is -2.21. The molecule has 0 amide bonds. The van der Waals surface area contributed by atoms with Gasteiger partial charge in [0.05, 0.1) is 0 Å². The number of pyridine rings is 1. The molecule has 0 aromatic carbocycles. The molecule has 2 nitrogen and oxygen atoms in total. The zero-order valence-corrected chi connectivity index (χ0v) is 11.7. The van der Waals surface area contributed by atoms with Crippen molar-refractivity contribution >= 4 is 0 Å². The Morgan fingerprint density at radius 1 is 1.35 bits per heavy atom. The van der Waals surface area contributed by atoms with Crippen LogP contribution in [-0.2, 0) is 0 Å². The Morgan fingerprint density at radius 3 is 2.53 bits per heavy atom. The molecule has 2 rings (SSSR count). The topological polar surface area (TPSA) is 24.9 Å². The van der Waals surface area contributed by atoms with Gasteiger partial charge in [-0.1, -0.05) is 6.92 Å². The monoisotopic (exact) mass is 232 g/mol. The Balaban J connectivity index is 2.10. The van der Waals surface area contributed by atoms with Gasteiger partial charge in [-0.25, -0.2) is 0 Å². The van der Waals surface area contributed by atoms with Gasteiger partial charge in [0.2, 0.25) is 0 Å². The molecule has 0 radical (unpaired) electrons. The molecule has 17 heavy (non-hydrogen) atoms. The Kier molecular flexibility index (Phi) is 3.26. The number of hydrogen-bond acceptors (Lipinski definition) is 2. The van der Waals surface area contributed by atoms with E-state index in [4.69, 9.17) is 0 Å². The van der Waals surface area contributed by atoms with Crippen molar-refractivity contribution in [1.82, 2.24) is 10.3 Å². The summed E-state index contributed by atoms with van der Waals surface area (Å²) in [4.78, 5) is 4.58. The number of rotatable bonds is 4. The van der Waals surface area contributed by atoms with E-state index in [9.17, 15) is 0 Å². The molecule has 0 aliphatic heterocycles. The molecular weight excluding hydrogens is 208 g/mol. The number of aromatic nitrogens is 1. The van der Waals surface area contributed by atoms with E-state index in [-0.39, 0.29) is 0 Å². The van der Waals surface area contributed by atoms with Crippen LogP contribution in [0.5, 0.6) is 0 Å². The largest absolute Gasteiger partial charge is 0.310 e. The zero-order chi connectivity index (χ0) is 12.6. The average molecular weight is 232 g/mol. The van der Waals surface area contributed by atoms with Crippen LogP contribution in [-0.4, -0.2) is 11.5 Å². The first-order chi connectivity index (χ1) is 7.91. The minimum Gasteiger partial charge on any atom is -0.310 e. The van der Waals surface area contributed by atoms with Crippen molar-refractivity contribution in [3.63, 3.8) is 0 Å². The normalized spacial score (nSPS) is 19.1. The minimum absolute atomic E-state index is 0.403. The summed E-state index contributed by atoms with van der Waals surface area (Å²) in [6, 6.07) is 2.58. The first-order valence-electron chi connectivity index (χ1n) is 6.59. The van der Waals surface area contributed by atoms with Crippen molar-refractivity contribution in [3.8, 4) is 0 Å². The van der Waals surface area contributed by atoms with E-state index in [1.165, 1.54) is 29.7 Å². The van der Waals surface area contributed by atoms with E-state index in [0.29, 0.717) is 11.5 Å². The van der Waals surface area contributed by atoms with E-state index in [1.807, 2.05) is 0 Å². The van der Waals surface area contributed by atoms with E-state index in [2.05, 4.69) is 51.0 Å². The molecule has 1 fully saturated rings. The quantitative estimate of drug-likeness (QED) is 0.860. The lowest BCUT2D eigenvalue weighted by molar-refractivity contribution is 0.455. The summed E-state index contributed by atoms with van der Waals surface area (Å²) < 4.78 is 0. The SMILES string of the molecule is Cc1cc(C)c(C(C)NCC2(C)CC2)c(C)n1. The van der Waals surface area contributed by atoms with Crippen LogP contribution in [0.1, 0.15) is 55.2 Å². The standard InChI is InChI=1S/C15H24N2/c1-10-8-11(2)17-13(4)14(10)12(3)16-9-15(5)6-7-15/h8,12,16H,6-7,9H2,1-5H3. The fraction of sp³-hybridized carbons (Fsp3) is 0.667. The Hall–Kier alpha value is -0.890. The molecule has 0 spiro atoms. The van der Waals surface area contributed by atoms with E-state index >= 15 is 0 Å². The van der Waals surface area contributed by atoms with Crippen LogP contribution in [0.3, 0.4) is 0 Å². The van der Waals surface area contributed by atoms with Gasteiger partial charge in [-0.05, 0) is 63.1 Å². The van der Waals surface area contributed by atoms with E-state index in [0.717, 1.165) is 12.2 Å². The summed E-state index contributed by atoms with van der Waals surface area (Å²) in [7, 11) is 0. The predicted molar refractivity (Wildman–Crippen MR) is 72.2 cm³/mol. The Bertz CT molecular complexity index is 396. The third-order valence-electron chi connectivity index (χ3n) is 3.96. The molecule has 2 heteroatoms. The third-order valence-corrected chi connectivity index (χ3v) is 3.96. The molecule has 1 aromatic heterocycles. The molecule has 1 aromatic rings. The molecule has 1 saturated carbocycles. The molecule has 1 heterocycles. The second-order valence-corrected chi connectivity index (χ2v) is 5.99. The summed E-state index contributed by atoms with van der Waals surface area (Å²) in [6.45, 7) is 12.1. The summed E-state index contributed by atoms with van der Waals surface area (Å²) in [6.07, 6.45) is 2.74. The fourth-order valence-electron chi connectivity index (χ4n) is 2.58. The number of nitrogens with one attached hydrogen (secondary N) is 1. The Morgan fingerprint density at radius 2 is 2.00 bits per heavy atom. The van der Waals surface area contributed by atoms with Crippen molar-refractivity contribution in [2.45, 2.75) is 53.5 Å². The summed E-state index contributed by atoms with van der Waals surface area (Å²) in [5.74, 6) is 0. The van der Waals surface area contributed by atoms with Crippen LogP contribution in [0.2, 0.25) is 0 Å². The smallest absolute Gasteiger partial charge is 0.0426 e. The molecule has 0 saturated heterocycles. The van der Waals surface area contributed by atoms with Gasteiger partial charge in [0, 0.05) is 24.0 Å². The highest BCUT2D eigenvalue weighted by Crippen LogP contribution is 2.44. The maximum atomic E-state index is 4.58. The Labute approximate surface area is 105 Å². The minimum atomic E-state index is 0.403. The van der Waals surface area contributed by atoms with Crippen LogP contribution in [0, 0.1) is 26.2 Å². The highest BCUT2D eigenvalue weighted by Gasteiger charge is 2.37. The van der Waals surface area contributed by atoms with Gasteiger partial charge >= 0.3 is 0 Å². The molecule has 94 valence electrons. The number of nitrogens with zero attached hydrogens (tertiary/aromatic N) is 1. The summed E-state index contributed by atoms with van der Waals surface area (Å²) >= 11 is 0. The van der Waals surface area contributed by atoms with Gasteiger partial charge < -0.3 is 5.32 Å². The van der Waals surface area contributed by atoms with E-state index < -0.39 is 0 Å². The zero-order valence-electron chi connectivity index (χ0n) is 11.7. The van der Waals surface area contributed by atoms with Crippen LogP contribution >= 0.6 is 0 Å². The average Bonchev–Trinajstić information content (AvgIpc) is 2.93. The fourth-order valence-corrected chi connectivity index (χ4v) is 2.58. The van der Waals surface area contributed by atoms with Crippen LogP contribution < -0.4 is 5.32 Å². The van der Waals surface area contributed by atoms with Crippen molar-refractivity contribution in [2.75, 3.05) is 6.54 Å². The number of aryl methyl sites for hydroxylation is 3. The second-order valence-electron chi connectivity index (χ2n) is 5.99. The molecule has 1 atom stereocenters. The second kappa shape index (κ2) is 4.41. The molecular formula is C15H24N2. The van der Waals surface area contributed by atoms with Crippen LogP contribution in [0.15, 0.2) is 6.07 Å². The lowest BCUT2D eigenvalue weighted by atomic mass is 9.99. The third kappa shape index (κ3) is 2.86. The van der Waals surface area contributed by atoms with Gasteiger partial charge in [-0.2, -0.15) is 0 Å². The highest BCUT2D eigenvalue weighted by atomic mass is 14.9. The van der Waals surface area contributed by atoms with Crippen molar-refractivity contribution in [3.05, 3.63) is 28.6 Å². The molecule has 1 unspecified atom stereocenters.